The molecule has 1 aliphatic rings. The summed E-state index contributed by atoms with van der Waals surface area (Å²) in [4.78, 5) is 14.6. The van der Waals surface area contributed by atoms with Crippen LogP contribution < -0.4 is 10.2 Å². The van der Waals surface area contributed by atoms with Crippen LogP contribution in [0.15, 0.2) is 24.3 Å². The summed E-state index contributed by atoms with van der Waals surface area (Å²) in [6, 6.07) is 7.99. The number of nitrogens with one attached hydrogen (secondary N) is 1. The maximum Gasteiger partial charge on any atom is 0.224 e. The Morgan fingerprint density at radius 3 is 2.71 bits per heavy atom. The van der Waals surface area contributed by atoms with Crippen LogP contribution in [0.25, 0.3) is 0 Å². The fourth-order valence-electron chi connectivity index (χ4n) is 3.32. The Hall–Kier alpha value is -1.55. The van der Waals surface area contributed by atoms with Gasteiger partial charge in [0.1, 0.15) is 0 Å². The van der Waals surface area contributed by atoms with Crippen LogP contribution in [0.1, 0.15) is 58.8 Å². The number of hydrogen-bond acceptors (Lipinski definition) is 3. The fraction of sp³-hybridized carbons (Fsp3) is 0.650. The van der Waals surface area contributed by atoms with Crippen LogP contribution in [0.2, 0.25) is 0 Å². The van der Waals surface area contributed by atoms with E-state index in [-0.39, 0.29) is 12.0 Å². The average molecular weight is 332 g/mol. The zero-order valence-corrected chi connectivity index (χ0v) is 15.1. The highest BCUT2D eigenvalue weighted by atomic mass is 16.3. The van der Waals surface area contributed by atoms with Crippen LogP contribution in [0.3, 0.4) is 0 Å². The number of carbonyl (C=O) groups is 1. The minimum Gasteiger partial charge on any atom is -0.393 e. The molecule has 1 atom stereocenters. The fourth-order valence-corrected chi connectivity index (χ4v) is 3.32. The quantitative estimate of drug-likeness (QED) is 0.702. The van der Waals surface area contributed by atoms with Crippen molar-refractivity contribution in [2.45, 2.75) is 64.9 Å². The molecule has 1 aromatic carbocycles. The molecule has 134 valence electrons. The van der Waals surface area contributed by atoms with Crippen molar-refractivity contribution in [1.82, 2.24) is 0 Å². The van der Waals surface area contributed by atoms with E-state index in [0.29, 0.717) is 12.3 Å². The molecule has 24 heavy (non-hydrogen) atoms. The van der Waals surface area contributed by atoms with E-state index in [1.54, 1.807) is 0 Å². The number of nitrogens with zero attached hydrogens (tertiary/aromatic N) is 1. The number of aliphatic hydroxyl groups is 1. The molecule has 0 bridgehead atoms. The summed E-state index contributed by atoms with van der Waals surface area (Å²) in [5, 5.41) is 12.8. The molecule has 2 rings (SSSR count). The molecule has 0 saturated carbocycles. The summed E-state index contributed by atoms with van der Waals surface area (Å²) in [6.45, 7) is 6.03. The average Bonchev–Trinajstić information content (AvgIpc) is 2.56. The first kappa shape index (κ1) is 18.8. The van der Waals surface area contributed by atoms with E-state index in [0.717, 1.165) is 43.7 Å². The second-order valence-corrected chi connectivity index (χ2v) is 7.09. The second-order valence-electron chi connectivity index (χ2n) is 7.09. The van der Waals surface area contributed by atoms with Crippen molar-refractivity contribution in [3.63, 3.8) is 0 Å². The van der Waals surface area contributed by atoms with Gasteiger partial charge in [-0.3, -0.25) is 4.79 Å². The van der Waals surface area contributed by atoms with Gasteiger partial charge in [-0.1, -0.05) is 51.7 Å². The van der Waals surface area contributed by atoms with Gasteiger partial charge in [-0.2, -0.15) is 0 Å². The van der Waals surface area contributed by atoms with Gasteiger partial charge in [0.2, 0.25) is 5.91 Å². The molecule has 0 radical (unpaired) electrons. The monoisotopic (exact) mass is 332 g/mol. The standard InChI is InChI=1S/C20H32N2O2/c1-3-4-5-8-16(2)15-20(24)21-18-9-6-7-10-19(18)22-13-11-17(23)12-14-22/h6-7,9-10,16-17,23H,3-5,8,11-15H2,1-2H3,(H,21,24). The number of benzene rings is 1. The molecule has 1 unspecified atom stereocenters. The lowest BCUT2D eigenvalue weighted by Gasteiger charge is -2.32. The molecule has 4 nitrogen and oxygen atoms in total. The normalized spacial score (nSPS) is 16.9. The summed E-state index contributed by atoms with van der Waals surface area (Å²) >= 11 is 0. The summed E-state index contributed by atoms with van der Waals surface area (Å²) in [6.07, 6.45) is 6.76. The topological polar surface area (TPSA) is 52.6 Å². The number of carbonyl (C=O) groups excluding carboxylic acids is 1. The number of piperidine rings is 1. The Morgan fingerprint density at radius 1 is 1.29 bits per heavy atom. The number of hydrogen-bond donors (Lipinski definition) is 2. The summed E-state index contributed by atoms with van der Waals surface area (Å²) < 4.78 is 0. The van der Waals surface area contributed by atoms with Gasteiger partial charge < -0.3 is 15.3 Å². The van der Waals surface area contributed by atoms with E-state index in [4.69, 9.17) is 0 Å². The third-order valence-electron chi connectivity index (χ3n) is 4.82. The number of rotatable bonds is 8. The van der Waals surface area contributed by atoms with Gasteiger partial charge >= 0.3 is 0 Å². The number of aliphatic hydroxyl groups excluding tert-OH is 1. The van der Waals surface area contributed by atoms with Crippen molar-refractivity contribution in [2.24, 2.45) is 5.92 Å². The zero-order chi connectivity index (χ0) is 17.4. The van der Waals surface area contributed by atoms with Crippen molar-refractivity contribution in [1.29, 1.82) is 0 Å². The summed E-state index contributed by atoms with van der Waals surface area (Å²) in [7, 11) is 0. The first-order chi connectivity index (χ1) is 11.6. The van der Waals surface area contributed by atoms with Gasteiger partial charge in [0.05, 0.1) is 17.5 Å². The molecule has 1 amide bonds. The van der Waals surface area contributed by atoms with Crippen LogP contribution in [0.5, 0.6) is 0 Å². The first-order valence-corrected chi connectivity index (χ1v) is 9.42. The van der Waals surface area contributed by atoms with E-state index >= 15 is 0 Å². The third kappa shape index (κ3) is 5.82. The smallest absolute Gasteiger partial charge is 0.224 e. The maximum atomic E-state index is 12.4. The minimum absolute atomic E-state index is 0.100. The summed E-state index contributed by atoms with van der Waals surface area (Å²) in [5.41, 5.74) is 1.95. The van der Waals surface area contributed by atoms with Gasteiger partial charge in [-0.25, -0.2) is 0 Å². The van der Waals surface area contributed by atoms with Crippen molar-refractivity contribution in [3.05, 3.63) is 24.3 Å². The van der Waals surface area contributed by atoms with E-state index in [2.05, 4.69) is 30.1 Å². The maximum absolute atomic E-state index is 12.4. The molecule has 0 aliphatic carbocycles. The molecule has 1 aliphatic heterocycles. The van der Waals surface area contributed by atoms with Gasteiger partial charge in [-0.05, 0) is 30.9 Å². The van der Waals surface area contributed by atoms with Crippen LogP contribution in [0.4, 0.5) is 11.4 Å². The predicted molar refractivity (Wildman–Crippen MR) is 100 cm³/mol. The van der Waals surface area contributed by atoms with Crippen LogP contribution in [-0.2, 0) is 4.79 Å². The number of amides is 1. The molecular weight excluding hydrogens is 300 g/mol. The third-order valence-corrected chi connectivity index (χ3v) is 4.82. The molecule has 0 aromatic heterocycles. The SMILES string of the molecule is CCCCCC(C)CC(=O)Nc1ccccc1N1CCC(O)CC1. The minimum atomic E-state index is -0.188. The van der Waals surface area contributed by atoms with Crippen molar-refractivity contribution < 1.29 is 9.90 Å². The Labute approximate surface area is 146 Å². The molecule has 0 spiro atoms. The van der Waals surface area contributed by atoms with E-state index < -0.39 is 0 Å². The molecular formula is C20H32N2O2. The zero-order valence-electron chi connectivity index (χ0n) is 15.1. The lowest BCUT2D eigenvalue weighted by Crippen LogP contribution is -2.36. The summed E-state index contributed by atoms with van der Waals surface area (Å²) in [5.74, 6) is 0.525. The van der Waals surface area contributed by atoms with Crippen molar-refractivity contribution in [2.75, 3.05) is 23.3 Å². The van der Waals surface area contributed by atoms with Gasteiger partial charge in [0.15, 0.2) is 0 Å². The van der Waals surface area contributed by atoms with E-state index in [1.807, 2.05) is 18.2 Å². The largest absolute Gasteiger partial charge is 0.393 e. The highest BCUT2D eigenvalue weighted by Crippen LogP contribution is 2.28. The van der Waals surface area contributed by atoms with Crippen LogP contribution in [-0.4, -0.2) is 30.2 Å². The lowest BCUT2D eigenvalue weighted by molar-refractivity contribution is -0.117. The Balaban J connectivity index is 1.91. The van der Waals surface area contributed by atoms with E-state index in [1.165, 1.54) is 19.3 Å². The van der Waals surface area contributed by atoms with E-state index in [9.17, 15) is 9.90 Å². The number of anilines is 2. The molecule has 1 aromatic rings. The molecule has 1 saturated heterocycles. The highest BCUT2D eigenvalue weighted by molar-refractivity contribution is 5.94. The van der Waals surface area contributed by atoms with Crippen LogP contribution in [0, 0.1) is 5.92 Å². The second kappa shape index (κ2) is 9.67. The van der Waals surface area contributed by atoms with Crippen molar-refractivity contribution in [3.8, 4) is 0 Å². The van der Waals surface area contributed by atoms with Gasteiger partial charge in [-0.15, -0.1) is 0 Å². The molecule has 1 heterocycles. The molecule has 4 heteroatoms. The molecule has 2 N–H and O–H groups in total. The molecule has 1 fully saturated rings. The Kier molecular flexibility index (Phi) is 7.57. The van der Waals surface area contributed by atoms with Crippen molar-refractivity contribution >= 4 is 17.3 Å². The van der Waals surface area contributed by atoms with Gasteiger partial charge in [0.25, 0.3) is 0 Å². The number of unbranched alkanes of at least 4 members (excludes halogenated alkanes) is 2. The lowest BCUT2D eigenvalue weighted by atomic mass is 9.99. The first-order valence-electron chi connectivity index (χ1n) is 9.42. The predicted octanol–water partition coefficient (Wildman–Crippen LogP) is 4.19. The van der Waals surface area contributed by atoms with Gasteiger partial charge in [0, 0.05) is 19.5 Å². The Morgan fingerprint density at radius 2 is 2.00 bits per heavy atom. The van der Waals surface area contributed by atoms with Crippen LogP contribution >= 0.6 is 0 Å². The highest BCUT2D eigenvalue weighted by Gasteiger charge is 2.20. The number of para-hydroxylation sites is 2. The Bertz CT molecular complexity index is 510.